The summed E-state index contributed by atoms with van der Waals surface area (Å²) in [6.07, 6.45) is 0.556. The highest BCUT2D eigenvalue weighted by Gasteiger charge is 2.34. The molecule has 1 aromatic rings. The van der Waals surface area contributed by atoms with Gasteiger partial charge in [0.15, 0.2) is 0 Å². The van der Waals surface area contributed by atoms with Crippen molar-refractivity contribution < 1.29 is 9.90 Å². The van der Waals surface area contributed by atoms with E-state index in [0.717, 1.165) is 0 Å². The Balaban J connectivity index is 2.04. The summed E-state index contributed by atoms with van der Waals surface area (Å²) in [6, 6.07) is 3.58. The van der Waals surface area contributed by atoms with Crippen LogP contribution < -0.4 is 5.73 Å². The summed E-state index contributed by atoms with van der Waals surface area (Å²) in [6.45, 7) is 1.37. The summed E-state index contributed by atoms with van der Waals surface area (Å²) in [5.41, 5.74) is 5.78. The molecule has 0 bridgehead atoms. The van der Waals surface area contributed by atoms with E-state index in [1.54, 1.807) is 11.3 Å². The third-order valence-electron chi connectivity index (χ3n) is 2.66. The second-order valence-corrected chi connectivity index (χ2v) is 4.89. The molecule has 0 aliphatic carbocycles. The molecule has 5 heteroatoms. The molecule has 2 heterocycles. The van der Waals surface area contributed by atoms with E-state index in [-0.39, 0.29) is 6.04 Å². The van der Waals surface area contributed by atoms with Crippen molar-refractivity contribution in [3.63, 3.8) is 0 Å². The van der Waals surface area contributed by atoms with Crippen LogP contribution in [0.4, 0.5) is 0 Å². The van der Waals surface area contributed by atoms with Crippen molar-refractivity contribution >= 4 is 17.3 Å². The molecule has 2 atom stereocenters. The van der Waals surface area contributed by atoms with E-state index in [2.05, 4.69) is 0 Å². The van der Waals surface area contributed by atoms with Gasteiger partial charge < -0.3 is 10.8 Å². The van der Waals surface area contributed by atoms with Gasteiger partial charge in [0.25, 0.3) is 0 Å². The number of carboxylic acids is 1. The standard InChI is InChI=1S/C10H14N2O2S/c11-7-4-9(10(13)14)12(5-7)6-8-2-1-3-15-8/h1-3,7,9H,4-6,11H2,(H,13,14). The van der Waals surface area contributed by atoms with Gasteiger partial charge in [-0.15, -0.1) is 11.3 Å². The number of nitrogens with two attached hydrogens (primary N) is 1. The minimum atomic E-state index is -0.764. The van der Waals surface area contributed by atoms with Crippen molar-refractivity contribution in [1.82, 2.24) is 4.90 Å². The zero-order valence-electron chi connectivity index (χ0n) is 8.30. The monoisotopic (exact) mass is 226 g/mol. The molecular formula is C10H14N2O2S. The fraction of sp³-hybridized carbons (Fsp3) is 0.500. The normalized spacial score (nSPS) is 27.0. The van der Waals surface area contributed by atoms with E-state index < -0.39 is 12.0 Å². The fourth-order valence-electron chi connectivity index (χ4n) is 1.97. The van der Waals surface area contributed by atoms with E-state index in [0.29, 0.717) is 19.5 Å². The zero-order chi connectivity index (χ0) is 10.8. The molecule has 0 amide bonds. The van der Waals surface area contributed by atoms with Crippen LogP contribution in [-0.2, 0) is 11.3 Å². The third kappa shape index (κ3) is 2.37. The Morgan fingerprint density at radius 3 is 3.13 bits per heavy atom. The highest BCUT2D eigenvalue weighted by molar-refractivity contribution is 7.09. The molecule has 0 radical (unpaired) electrons. The lowest BCUT2D eigenvalue weighted by atomic mass is 10.2. The third-order valence-corrected chi connectivity index (χ3v) is 3.52. The lowest BCUT2D eigenvalue weighted by molar-refractivity contribution is -0.142. The van der Waals surface area contributed by atoms with E-state index in [1.165, 1.54) is 4.88 Å². The Hall–Kier alpha value is -0.910. The van der Waals surface area contributed by atoms with E-state index in [1.807, 2.05) is 22.4 Å². The molecule has 4 nitrogen and oxygen atoms in total. The number of hydrogen-bond donors (Lipinski definition) is 2. The van der Waals surface area contributed by atoms with Gasteiger partial charge in [-0.3, -0.25) is 9.69 Å². The molecule has 82 valence electrons. The lowest BCUT2D eigenvalue weighted by Gasteiger charge is -2.19. The smallest absolute Gasteiger partial charge is 0.320 e. The SMILES string of the molecule is NC1CC(C(=O)O)N(Cc2cccs2)C1. The van der Waals surface area contributed by atoms with Crippen molar-refractivity contribution in [3.05, 3.63) is 22.4 Å². The number of carbonyl (C=O) groups is 1. The number of hydrogen-bond acceptors (Lipinski definition) is 4. The molecule has 0 aromatic carbocycles. The average molecular weight is 226 g/mol. The van der Waals surface area contributed by atoms with Gasteiger partial charge in [0, 0.05) is 24.0 Å². The van der Waals surface area contributed by atoms with Crippen LogP contribution in [0.15, 0.2) is 17.5 Å². The second kappa shape index (κ2) is 4.30. The number of nitrogens with zero attached hydrogens (tertiary/aromatic N) is 1. The van der Waals surface area contributed by atoms with E-state index in [4.69, 9.17) is 10.8 Å². The van der Waals surface area contributed by atoms with Crippen LogP contribution in [0, 0.1) is 0 Å². The van der Waals surface area contributed by atoms with E-state index >= 15 is 0 Å². The predicted octanol–water partition coefficient (Wildman–Crippen LogP) is 0.734. The van der Waals surface area contributed by atoms with Crippen LogP contribution >= 0.6 is 11.3 Å². The predicted molar refractivity (Wildman–Crippen MR) is 58.7 cm³/mol. The van der Waals surface area contributed by atoms with Crippen LogP contribution in [0.25, 0.3) is 0 Å². The van der Waals surface area contributed by atoms with Gasteiger partial charge in [-0.05, 0) is 17.9 Å². The largest absolute Gasteiger partial charge is 0.480 e. The number of rotatable bonds is 3. The fourth-order valence-corrected chi connectivity index (χ4v) is 2.70. The Bertz CT molecular complexity index is 339. The molecule has 0 saturated carbocycles. The highest BCUT2D eigenvalue weighted by atomic mass is 32.1. The summed E-state index contributed by atoms with van der Waals surface area (Å²) in [4.78, 5) is 14.1. The zero-order valence-corrected chi connectivity index (χ0v) is 9.11. The molecule has 1 aromatic heterocycles. The summed E-state index contributed by atoms with van der Waals surface area (Å²) >= 11 is 1.65. The highest BCUT2D eigenvalue weighted by Crippen LogP contribution is 2.21. The van der Waals surface area contributed by atoms with Gasteiger partial charge in [0.2, 0.25) is 0 Å². The number of likely N-dealkylation sites (tertiary alicyclic amines) is 1. The number of aliphatic carboxylic acids is 1. The Kier molecular flexibility index (Phi) is 3.04. The van der Waals surface area contributed by atoms with Gasteiger partial charge in [0.05, 0.1) is 0 Å². The molecule has 15 heavy (non-hydrogen) atoms. The maximum absolute atomic E-state index is 11.0. The molecule has 3 N–H and O–H groups in total. The van der Waals surface area contributed by atoms with Crippen LogP contribution in [0.2, 0.25) is 0 Å². The van der Waals surface area contributed by atoms with Crippen molar-refractivity contribution in [1.29, 1.82) is 0 Å². The minimum absolute atomic E-state index is 0.00828. The van der Waals surface area contributed by atoms with Crippen molar-refractivity contribution in [3.8, 4) is 0 Å². The lowest BCUT2D eigenvalue weighted by Crippen LogP contribution is -2.35. The summed E-state index contributed by atoms with van der Waals surface area (Å²) in [7, 11) is 0. The Labute approximate surface area is 92.3 Å². The average Bonchev–Trinajstić information content (AvgIpc) is 2.75. The minimum Gasteiger partial charge on any atom is -0.480 e. The summed E-state index contributed by atoms with van der Waals surface area (Å²) in [5, 5.41) is 11.0. The molecule has 1 aliphatic heterocycles. The molecular weight excluding hydrogens is 212 g/mol. The number of thiophene rings is 1. The van der Waals surface area contributed by atoms with Gasteiger partial charge in [0.1, 0.15) is 6.04 Å². The van der Waals surface area contributed by atoms with Crippen LogP contribution in [-0.4, -0.2) is 34.6 Å². The van der Waals surface area contributed by atoms with Crippen LogP contribution in [0.5, 0.6) is 0 Å². The summed E-state index contributed by atoms with van der Waals surface area (Å²) in [5.74, 6) is -0.764. The maximum Gasteiger partial charge on any atom is 0.320 e. The molecule has 1 fully saturated rings. The number of carboxylic acid groups (broad SMARTS) is 1. The molecule has 0 spiro atoms. The van der Waals surface area contributed by atoms with Gasteiger partial charge in [-0.2, -0.15) is 0 Å². The van der Waals surface area contributed by atoms with Gasteiger partial charge >= 0.3 is 5.97 Å². The van der Waals surface area contributed by atoms with E-state index in [9.17, 15) is 4.79 Å². The van der Waals surface area contributed by atoms with Crippen LogP contribution in [0.1, 0.15) is 11.3 Å². The first-order valence-corrected chi connectivity index (χ1v) is 5.79. The molecule has 2 unspecified atom stereocenters. The van der Waals surface area contributed by atoms with Crippen LogP contribution in [0.3, 0.4) is 0 Å². The first-order valence-electron chi connectivity index (χ1n) is 4.91. The van der Waals surface area contributed by atoms with Gasteiger partial charge in [-0.25, -0.2) is 0 Å². The summed E-state index contributed by atoms with van der Waals surface area (Å²) < 4.78 is 0. The maximum atomic E-state index is 11.0. The van der Waals surface area contributed by atoms with Crippen molar-refractivity contribution in [2.75, 3.05) is 6.54 Å². The van der Waals surface area contributed by atoms with Crippen molar-refractivity contribution in [2.45, 2.75) is 25.0 Å². The Morgan fingerprint density at radius 1 is 1.73 bits per heavy atom. The topological polar surface area (TPSA) is 66.6 Å². The molecule has 2 rings (SSSR count). The first kappa shape index (κ1) is 10.6. The van der Waals surface area contributed by atoms with Gasteiger partial charge in [-0.1, -0.05) is 6.07 Å². The first-order chi connectivity index (χ1) is 7.16. The molecule has 1 aliphatic rings. The second-order valence-electron chi connectivity index (χ2n) is 3.86. The van der Waals surface area contributed by atoms with Crippen molar-refractivity contribution in [2.24, 2.45) is 5.73 Å². The molecule has 1 saturated heterocycles. The quantitative estimate of drug-likeness (QED) is 0.797. The Morgan fingerprint density at radius 2 is 2.53 bits per heavy atom.